The number of nitrogens with two attached hydrogens (primary N) is 1. The van der Waals surface area contributed by atoms with Crippen molar-refractivity contribution in [3.8, 4) is 5.75 Å². The molecule has 3 aliphatic rings. The van der Waals surface area contributed by atoms with Crippen molar-refractivity contribution >= 4 is 120 Å². The number of anilines is 2. The van der Waals surface area contributed by atoms with Crippen molar-refractivity contribution in [3.63, 3.8) is 0 Å². The number of hydrogen-bond donors (Lipinski definition) is 8. The molecule has 0 spiro atoms. The number of methoxy groups -OCH3 is 2. The second-order valence-electron chi connectivity index (χ2n) is 23.0. The standard InChI is InChI=1S/C60H82Br2Cl2FN9O15/c1-31(2)50(69-37(30-75)16-11-12-19-67-52(77)36(28-61)29-62)54(79)70-41(17-14-20-68-57(66)82)53(78)71-42-25-39(63)38(24-40(42)65)55(80)73(7)34(5)56(81)88-47-26-48(76)74(8)43-22-35(23-44(85-9)49(43)64)21-32(3)15-13-18-46(86-10)60(84)27-45(87-58(83)72-60)33(4)51-59(47,6)89-51/h13,15,18,22-25,30-31,33-34,36-37,41,45-47,50-51,69,84H,11-12,14,16-17,19-21,26-29H2,1-10H3,(H,67,77)(H,70,79)(H,71,78)(H,72,83)(H3,66,68,82)/b18-13+,32-15+/t33-,34+,37?,41+,45+,46-,47+,50+,51+,59+,60+/m1/s1. The van der Waals surface area contributed by atoms with Gasteiger partial charge in [0, 0.05) is 57.3 Å². The molecule has 3 aliphatic heterocycles. The summed E-state index contributed by atoms with van der Waals surface area (Å²) in [5.74, 6) is -6.44. The average Bonchev–Trinajstić information content (AvgIpc) is 1.72. The number of fused-ring (bicyclic) bond motifs is 5. The molecule has 0 radical (unpaired) electrons. The molecule has 11 atom stereocenters. The van der Waals surface area contributed by atoms with Crippen LogP contribution in [-0.2, 0) is 54.1 Å². The molecular weight excluding hydrogens is 1340 g/mol. The fourth-order valence-electron chi connectivity index (χ4n) is 10.5. The predicted octanol–water partition coefficient (Wildman–Crippen LogP) is 6.37. The molecule has 0 aromatic heterocycles. The maximum absolute atomic E-state index is 16.2. The number of aliphatic hydroxyl groups is 1. The molecule has 492 valence electrons. The lowest BCUT2D eigenvalue weighted by atomic mass is 9.83. The molecule has 9 N–H and O–H groups in total. The number of rotatable bonds is 26. The summed E-state index contributed by atoms with van der Waals surface area (Å²) >= 11 is 20.1. The van der Waals surface area contributed by atoms with Crippen LogP contribution in [0.25, 0.3) is 0 Å². The Morgan fingerprint density at radius 3 is 2.31 bits per heavy atom. The lowest BCUT2D eigenvalue weighted by molar-refractivity contribution is -0.158. The van der Waals surface area contributed by atoms with Crippen LogP contribution < -0.4 is 47.3 Å². The number of amides is 8. The third-order valence-corrected chi connectivity index (χ3v) is 18.3. The van der Waals surface area contributed by atoms with Gasteiger partial charge < -0.3 is 70.4 Å². The highest BCUT2D eigenvalue weighted by Crippen LogP contribution is 2.49. The van der Waals surface area contributed by atoms with Crippen molar-refractivity contribution in [3.05, 3.63) is 75.1 Å². The van der Waals surface area contributed by atoms with E-state index in [1.807, 2.05) is 6.92 Å². The van der Waals surface area contributed by atoms with Gasteiger partial charge >= 0.3 is 18.1 Å². The first-order valence-electron chi connectivity index (χ1n) is 29.1. The number of benzene rings is 2. The van der Waals surface area contributed by atoms with Crippen LogP contribution in [0.3, 0.4) is 0 Å². The first kappa shape index (κ1) is 73.8. The van der Waals surface area contributed by atoms with E-state index in [4.69, 9.17) is 52.6 Å². The van der Waals surface area contributed by atoms with E-state index in [0.29, 0.717) is 54.7 Å². The number of nitrogens with one attached hydrogen (secondary N) is 6. The highest BCUT2D eigenvalue weighted by molar-refractivity contribution is 9.09. The third-order valence-electron chi connectivity index (χ3n) is 16.1. The Kier molecular flexibility index (Phi) is 27.7. The van der Waals surface area contributed by atoms with Crippen LogP contribution in [0.4, 0.5) is 25.4 Å². The minimum Gasteiger partial charge on any atom is -0.495 e. The van der Waals surface area contributed by atoms with Crippen molar-refractivity contribution in [2.45, 2.75) is 153 Å². The summed E-state index contributed by atoms with van der Waals surface area (Å²) in [5.41, 5.74) is 2.78. The average molecular weight is 1420 g/mol. The van der Waals surface area contributed by atoms with Crippen LogP contribution in [-0.4, -0.2) is 176 Å². The number of allylic oxidation sites excluding steroid dienone is 3. The summed E-state index contributed by atoms with van der Waals surface area (Å²) in [7, 11) is 5.54. The number of primary amides is 1. The van der Waals surface area contributed by atoms with Gasteiger partial charge in [0.1, 0.15) is 58.9 Å². The molecule has 3 heterocycles. The number of carbonyl (C=O) groups excluding carboxylic acids is 9. The molecule has 4 bridgehead atoms. The Labute approximate surface area is 544 Å². The molecule has 89 heavy (non-hydrogen) atoms. The van der Waals surface area contributed by atoms with Crippen LogP contribution in [0, 0.1) is 23.6 Å². The van der Waals surface area contributed by atoms with E-state index >= 15 is 4.39 Å². The van der Waals surface area contributed by atoms with Crippen molar-refractivity contribution in [2.75, 3.05) is 62.3 Å². The zero-order valence-electron chi connectivity index (χ0n) is 51.5. The Morgan fingerprint density at radius 2 is 1.69 bits per heavy atom. The van der Waals surface area contributed by atoms with Gasteiger partial charge in [-0.25, -0.2) is 18.8 Å². The van der Waals surface area contributed by atoms with E-state index in [0.717, 1.165) is 22.6 Å². The number of esters is 1. The fourth-order valence-corrected chi connectivity index (χ4v) is 12.7. The summed E-state index contributed by atoms with van der Waals surface area (Å²) in [6.07, 6.45) is 1.73. The molecule has 1 unspecified atom stereocenters. The highest BCUT2D eigenvalue weighted by Gasteiger charge is 2.64. The quantitative estimate of drug-likeness (QED) is 0.0167. The molecule has 29 heteroatoms. The van der Waals surface area contributed by atoms with Gasteiger partial charge in [0.05, 0.1) is 59.6 Å². The third kappa shape index (κ3) is 19.5. The van der Waals surface area contributed by atoms with Crippen molar-refractivity contribution < 1.29 is 76.3 Å². The second kappa shape index (κ2) is 33.4. The molecule has 5 rings (SSSR count). The van der Waals surface area contributed by atoms with Crippen molar-refractivity contribution in [2.24, 2.45) is 23.5 Å². The van der Waals surface area contributed by atoms with E-state index in [1.165, 1.54) is 40.1 Å². The van der Waals surface area contributed by atoms with Gasteiger partial charge in [-0.3, -0.25) is 34.6 Å². The lowest BCUT2D eigenvalue weighted by Gasteiger charge is -2.42. The SMILES string of the molecule is COc1cc2cc(c1Cl)N(C)C(=O)C[C@H](OC(=O)[C@H](C)N(C)C(=O)c1cc(F)c(NC(=O)[C@H](CCCNC(N)=O)NC(=O)[C@@H](NC(C=O)CCCCNC(=O)C(CBr)CBr)C(C)C)cc1Cl)[C@]1(C)O[C@H]1[C@H](C)[C@@H]1C[C@@](O)(NC(=O)O1)[C@H](OC)/C=C/C=C(\C)C2. The van der Waals surface area contributed by atoms with Crippen molar-refractivity contribution in [1.29, 1.82) is 0 Å². The lowest BCUT2D eigenvalue weighted by Crippen LogP contribution is -2.63. The number of urea groups is 1. The molecular formula is C60H82Br2Cl2FN9O15. The Balaban J connectivity index is 1.35. The summed E-state index contributed by atoms with van der Waals surface area (Å²) < 4.78 is 45.7. The molecule has 2 fully saturated rings. The number of carbonyl (C=O) groups is 9. The van der Waals surface area contributed by atoms with Crippen LogP contribution in [0.5, 0.6) is 5.75 Å². The van der Waals surface area contributed by atoms with Crippen LogP contribution in [0.2, 0.25) is 10.0 Å². The van der Waals surface area contributed by atoms with E-state index in [9.17, 15) is 48.3 Å². The first-order valence-corrected chi connectivity index (χ1v) is 32.1. The number of unbranched alkanes of at least 4 members (excludes halogenated alkanes) is 1. The molecule has 8 amide bonds. The number of nitrogens with zero attached hydrogens (tertiary/aromatic N) is 2. The van der Waals surface area contributed by atoms with Gasteiger partial charge in [0.15, 0.2) is 5.72 Å². The minimum absolute atomic E-state index is 0.0105. The maximum Gasteiger partial charge on any atom is 0.409 e. The number of hydrogen-bond acceptors (Lipinski definition) is 16. The number of aldehydes is 1. The molecule has 0 saturated carbocycles. The van der Waals surface area contributed by atoms with Gasteiger partial charge in [-0.1, -0.05) is 99.6 Å². The highest BCUT2D eigenvalue weighted by atomic mass is 79.9. The summed E-state index contributed by atoms with van der Waals surface area (Å²) in [4.78, 5) is 123. The normalized spacial score (nSPS) is 24.2. The van der Waals surface area contributed by atoms with Gasteiger partial charge in [-0.05, 0) is 95.0 Å². The Morgan fingerprint density at radius 1 is 1.00 bits per heavy atom. The van der Waals surface area contributed by atoms with Crippen molar-refractivity contribution in [1.82, 2.24) is 31.5 Å². The van der Waals surface area contributed by atoms with E-state index in [-0.39, 0.29) is 59.1 Å². The molecule has 2 aromatic carbocycles. The number of alkyl halides is 2. The minimum atomic E-state index is -1.95. The van der Waals surface area contributed by atoms with Crippen LogP contribution >= 0.6 is 55.1 Å². The van der Waals surface area contributed by atoms with E-state index in [1.54, 1.807) is 58.1 Å². The topological polar surface area (TPSA) is 328 Å². The van der Waals surface area contributed by atoms with Gasteiger partial charge in [0.2, 0.25) is 23.6 Å². The summed E-state index contributed by atoms with van der Waals surface area (Å²) in [6.45, 7) is 10.4. The predicted molar refractivity (Wildman–Crippen MR) is 339 cm³/mol. The number of alkyl carbamates (subject to hydrolysis) is 1. The monoisotopic (exact) mass is 1420 g/mol. The zero-order valence-corrected chi connectivity index (χ0v) is 56.2. The molecule has 0 aliphatic carbocycles. The number of ether oxygens (including phenoxy) is 5. The second-order valence-corrected chi connectivity index (χ2v) is 25.1. The van der Waals surface area contributed by atoms with Gasteiger partial charge in [-0.15, -0.1) is 0 Å². The van der Waals surface area contributed by atoms with Gasteiger partial charge in [0.25, 0.3) is 5.91 Å². The summed E-state index contributed by atoms with van der Waals surface area (Å²) in [6, 6.07) is -0.196. The maximum atomic E-state index is 16.2. The Bertz CT molecular complexity index is 2980. The molecule has 24 nitrogen and oxygen atoms in total. The van der Waals surface area contributed by atoms with Crippen LogP contribution in [0.15, 0.2) is 48.1 Å². The number of halogens is 5. The zero-order chi connectivity index (χ0) is 66.2. The van der Waals surface area contributed by atoms with Crippen LogP contribution in [0.1, 0.15) is 102 Å². The largest absolute Gasteiger partial charge is 0.495 e. The number of likely N-dealkylation sites (N-methyl/N-ethyl adjacent to an activating group) is 1. The number of epoxide rings is 1. The van der Waals surface area contributed by atoms with Gasteiger partial charge in [-0.2, -0.15) is 0 Å². The summed E-state index contributed by atoms with van der Waals surface area (Å²) in [5, 5.41) is 28.6. The first-order chi connectivity index (χ1) is 42.0. The molecule has 2 saturated heterocycles. The van der Waals surface area contributed by atoms with E-state index in [2.05, 4.69) is 63.8 Å². The fraction of sp³-hybridized carbons (Fsp3) is 0.583. The Hall–Kier alpha value is -5.94. The smallest absolute Gasteiger partial charge is 0.409 e. The molecule has 2 aromatic rings. The van der Waals surface area contributed by atoms with E-state index < -0.39 is 137 Å².